The summed E-state index contributed by atoms with van der Waals surface area (Å²) in [6.07, 6.45) is 33.5. The Morgan fingerprint density at radius 1 is 0.558 bits per heavy atom. The third kappa shape index (κ3) is 36.3. The summed E-state index contributed by atoms with van der Waals surface area (Å²) in [4.78, 5) is 11.7. The molecule has 0 heterocycles. The van der Waals surface area contributed by atoms with Gasteiger partial charge in [-0.05, 0) is 6.42 Å². The van der Waals surface area contributed by atoms with Crippen molar-refractivity contribution in [2.45, 2.75) is 174 Å². The third-order valence-electron chi connectivity index (χ3n) is 8.14. The van der Waals surface area contributed by atoms with Crippen molar-refractivity contribution in [1.82, 2.24) is 0 Å². The molecule has 0 fully saturated rings. The quantitative estimate of drug-likeness (QED) is 0.0424. The zero-order valence-electron chi connectivity index (χ0n) is 29.2. The van der Waals surface area contributed by atoms with Gasteiger partial charge in [0.1, 0.15) is 19.3 Å². The van der Waals surface area contributed by atoms with E-state index in [-0.39, 0.29) is 19.8 Å². The first-order valence-electron chi connectivity index (χ1n) is 18.3. The maximum absolute atomic E-state index is 11.7. The number of quaternary nitrogens is 1. The Labute approximate surface area is 268 Å². The van der Waals surface area contributed by atoms with Crippen LogP contribution in [0.15, 0.2) is 0 Å². The van der Waals surface area contributed by atoms with Gasteiger partial charge in [-0.2, -0.15) is 0 Å². The van der Waals surface area contributed by atoms with Gasteiger partial charge >= 0.3 is 0 Å². The summed E-state index contributed by atoms with van der Waals surface area (Å²) in [5.74, 6) is 0. The van der Waals surface area contributed by atoms with Gasteiger partial charge in [0.2, 0.25) is 0 Å². The van der Waals surface area contributed by atoms with E-state index >= 15 is 0 Å². The number of aliphatic hydroxyl groups is 1. The van der Waals surface area contributed by atoms with Gasteiger partial charge in [0.05, 0.1) is 34.4 Å². The van der Waals surface area contributed by atoms with Gasteiger partial charge in [-0.3, -0.25) is 4.57 Å². The number of rotatable bonds is 35. The van der Waals surface area contributed by atoms with Crippen molar-refractivity contribution >= 4 is 7.82 Å². The number of nitrogens with zero attached hydrogens (tertiary/aromatic N) is 1. The van der Waals surface area contributed by atoms with Crippen LogP contribution in [0.5, 0.6) is 0 Å². The van der Waals surface area contributed by atoms with E-state index < -0.39 is 13.9 Å². The molecule has 0 saturated carbocycles. The van der Waals surface area contributed by atoms with Crippen LogP contribution in [0.4, 0.5) is 0 Å². The Morgan fingerprint density at radius 2 is 0.907 bits per heavy atom. The molecular weight excluding hydrogens is 561 g/mol. The molecule has 0 aromatic rings. The minimum atomic E-state index is -4.39. The summed E-state index contributed by atoms with van der Waals surface area (Å²) in [5.41, 5.74) is 0. The molecule has 0 aliphatic heterocycles. The molecule has 0 amide bonds. The Morgan fingerprint density at radius 3 is 1.26 bits per heavy atom. The fraction of sp³-hybridized carbons (Fsp3) is 1.00. The normalized spacial score (nSPS) is 14.3. The summed E-state index contributed by atoms with van der Waals surface area (Å²) in [7, 11) is 1.45. The molecule has 0 aliphatic carbocycles. The highest BCUT2D eigenvalue weighted by atomic mass is 31.2. The van der Waals surface area contributed by atoms with E-state index in [2.05, 4.69) is 6.92 Å². The summed E-state index contributed by atoms with van der Waals surface area (Å²) < 4.78 is 27.4. The number of hydrogen-bond donors (Lipinski definition) is 1. The fourth-order valence-corrected chi connectivity index (χ4v) is 5.99. The second kappa shape index (κ2) is 30.6. The van der Waals surface area contributed by atoms with Gasteiger partial charge in [-0.25, -0.2) is 0 Å². The van der Waals surface area contributed by atoms with Crippen molar-refractivity contribution in [1.29, 1.82) is 0 Å². The van der Waals surface area contributed by atoms with Gasteiger partial charge < -0.3 is 28.3 Å². The number of ether oxygens (including phenoxy) is 1. The van der Waals surface area contributed by atoms with E-state index in [9.17, 15) is 14.6 Å². The number of likely N-dealkylation sites (N-methyl/N-ethyl adjacent to an activating group) is 1. The van der Waals surface area contributed by atoms with E-state index in [1.807, 2.05) is 21.1 Å². The van der Waals surface area contributed by atoms with Crippen LogP contribution in [0.2, 0.25) is 0 Å². The lowest BCUT2D eigenvalue weighted by Gasteiger charge is -2.27. The first-order chi connectivity index (χ1) is 20.7. The van der Waals surface area contributed by atoms with Crippen molar-refractivity contribution in [3.05, 3.63) is 0 Å². The first-order valence-corrected chi connectivity index (χ1v) is 19.8. The average molecular weight is 636 g/mol. The van der Waals surface area contributed by atoms with Gasteiger partial charge in [0, 0.05) is 6.61 Å². The lowest BCUT2D eigenvalue weighted by Crippen LogP contribution is -2.37. The minimum Gasteiger partial charge on any atom is -0.756 e. The molecule has 0 spiro atoms. The molecule has 0 radical (unpaired) electrons. The van der Waals surface area contributed by atoms with Crippen molar-refractivity contribution in [3.63, 3.8) is 0 Å². The molecule has 0 aliphatic rings. The Bertz CT molecular complexity index is 616. The lowest BCUT2D eigenvalue weighted by atomic mass is 10.0. The van der Waals surface area contributed by atoms with Gasteiger partial charge in [0.15, 0.2) is 0 Å². The molecule has 260 valence electrons. The molecule has 2 atom stereocenters. The Balaban J connectivity index is 3.26. The molecule has 0 bridgehead atoms. The molecule has 1 N–H and O–H groups in total. The van der Waals surface area contributed by atoms with Crippen LogP contribution in [-0.4, -0.2) is 69.8 Å². The predicted molar refractivity (Wildman–Crippen MR) is 180 cm³/mol. The average Bonchev–Trinajstić information content (AvgIpc) is 2.95. The maximum Gasteiger partial charge on any atom is 0.268 e. The van der Waals surface area contributed by atoms with Crippen LogP contribution >= 0.6 is 7.82 Å². The maximum atomic E-state index is 11.7. The topological polar surface area (TPSA) is 88.0 Å². The van der Waals surface area contributed by atoms with E-state index in [1.165, 1.54) is 148 Å². The SMILES string of the molecule is CCCCCCCCCCCCCCCCCCCCCCCCCCCOCC(O)COP(=O)([O-])OCC[N+](C)(C)C. The predicted octanol–water partition coefficient (Wildman–Crippen LogP) is 9.34. The van der Waals surface area contributed by atoms with Gasteiger partial charge in [-0.1, -0.05) is 161 Å². The molecule has 0 aromatic heterocycles. The van der Waals surface area contributed by atoms with E-state index in [0.717, 1.165) is 12.8 Å². The highest BCUT2D eigenvalue weighted by Gasteiger charge is 2.15. The molecule has 0 rings (SSSR count). The van der Waals surface area contributed by atoms with Crippen molar-refractivity contribution in [3.8, 4) is 0 Å². The summed E-state index contributed by atoms with van der Waals surface area (Å²) >= 11 is 0. The minimum absolute atomic E-state index is 0.0520. The Kier molecular flexibility index (Phi) is 30.6. The molecule has 43 heavy (non-hydrogen) atoms. The van der Waals surface area contributed by atoms with Crippen LogP contribution in [0.1, 0.15) is 167 Å². The number of hydrogen-bond acceptors (Lipinski definition) is 6. The summed E-state index contributed by atoms with van der Waals surface area (Å²) in [6, 6.07) is 0. The highest BCUT2D eigenvalue weighted by molar-refractivity contribution is 7.45. The molecule has 2 unspecified atom stereocenters. The standard InChI is InChI=1S/C35H74NO6P/c1-5-6-7-8-9-10-11-12-13-14-15-16-17-18-19-20-21-22-23-24-25-26-27-28-29-31-40-33-35(37)34-42-43(38,39)41-32-30-36(2,3)4/h35,37H,5-34H2,1-4H3. The van der Waals surface area contributed by atoms with Crippen LogP contribution < -0.4 is 4.89 Å². The summed E-state index contributed by atoms with van der Waals surface area (Å²) in [5, 5.41) is 9.89. The van der Waals surface area contributed by atoms with Gasteiger partial charge in [0.25, 0.3) is 7.82 Å². The lowest BCUT2D eigenvalue weighted by molar-refractivity contribution is -0.870. The zero-order chi connectivity index (χ0) is 31.9. The number of aliphatic hydroxyl groups excluding tert-OH is 1. The second-order valence-corrected chi connectivity index (χ2v) is 15.2. The van der Waals surface area contributed by atoms with Crippen molar-refractivity contribution < 1.29 is 32.8 Å². The van der Waals surface area contributed by atoms with E-state index in [1.54, 1.807) is 0 Å². The van der Waals surface area contributed by atoms with Crippen molar-refractivity contribution in [2.24, 2.45) is 0 Å². The Hall–Kier alpha value is -0.0100. The second-order valence-electron chi connectivity index (χ2n) is 13.8. The van der Waals surface area contributed by atoms with E-state index in [0.29, 0.717) is 17.6 Å². The van der Waals surface area contributed by atoms with Gasteiger partial charge in [-0.15, -0.1) is 0 Å². The van der Waals surface area contributed by atoms with Crippen LogP contribution in [0.3, 0.4) is 0 Å². The molecule has 7 nitrogen and oxygen atoms in total. The highest BCUT2D eigenvalue weighted by Crippen LogP contribution is 2.38. The summed E-state index contributed by atoms with van der Waals surface area (Å²) in [6.45, 7) is 3.19. The van der Waals surface area contributed by atoms with Crippen molar-refractivity contribution in [2.75, 3.05) is 54.1 Å². The first kappa shape index (κ1) is 43.0. The fourth-order valence-electron chi connectivity index (χ4n) is 5.25. The third-order valence-corrected chi connectivity index (χ3v) is 9.10. The molecular formula is C35H74NO6P. The number of unbranched alkanes of at least 4 members (excludes halogenated alkanes) is 24. The number of phosphoric ester groups is 1. The monoisotopic (exact) mass is 636 g/mol. The largest absolute Gasteiger partial charge is 0.756 e. The number of phosphoric acid groups is 1. The molecule has 0 aromatic carbocycles. The molecule has 0 saturated heterocycles. The smallest absolute Gasteiger partial charge is 0.268 e. The zero-order valence-corrected chi connectivity index (χ0v) is 30.1. The van der Waals surface area contributed by atoms with Crippen LogP contribution in [-0.2, 0) is 18.3 Å². The van der Waals surface area contributed by atoms with Crippen LogP contribution in [0.25, 0.3) is 0 Å². The van der Waals surface area contributed by atoms with E-state index in [4.69, 9.17) is 13.8 Å². The molecule has 8 heteroatoms. The van der Waals surface area contributed by atoms with Crippen LogP contribution in [0, 0.1) is 0 Å².